The molecule has 0 heterocycles. The molecule has 2 heteroatoms. The summed E-state index contributed by atoms with van der Waals surface area (Å²) in [6.07, 6.45) is 0. The summed E-state index contributed by atoms with van der Waals surface area (Å²) in [5.74, 6) is 0.0352. The van der Waals surface area contributed by atoms with E-state index in [1.807, 2.05) is 13.0 Å². The molecule has 1 aromatic rings. The second-order valence-corrected chi connectivity index (χ2v) is 5.21. The Labute approximate surface area is 98.3 Å². The smallest absolute Gasteiger partial charge is 0.0671 e. The minimum atomic E-state index is 0.0352. The maximum Gasteiger partial charge on any atom is 0.0671 e. The standard InChI is InChI=1S/C14H20N2/c1-11(9-15)10-16-13-8-6-5-7-12(13)14(2,3)4/h5-8,11,16H,10H2,1-4H3. The third-order valence-electron chi connectivity index (χ3n) is 2.55. The molecule has 0 saturated heterocycles. The van der Waals surface area contributed by atoms with Gasteiger partial charge in [-0.2, -0.15) is 5.26 Å². The first-order valence-electron chi connectivity index (χ1n) is 5.68. The van der Waals surface area contributed by atoms with Crippen LogP contribution in [0.1, 0.15) is 33.3 Å². The normalized spacial score (nSPS) is 12.9. The lowest BCUT2D eigenvalue weighted by molar-refractivity contribution is 0.591. The Morgan fingerprint density at radius 1 is 1.31 bits per heavy atom. The first-order valence-corrected chi connectivity index (χ1v) is 5.68. The zero-order valence-corrected chi connectivity index (χ0v) is 10.5. The second-order valence-electron chi connectivity index (χ2n) is 5.21. The van der Waals surface area contributed by atoms with Crippen molar-refractivity contribution in [2.75, 3.05) is 11.9 Å². The predicted molar refractivity (Wildman–Crippen MR) is 68.4 cm³/mol. The van der Waals surface area contributed by atoms with Crippen LogP contribution < -0.4 is 5.32 Å². The second kappa shape index (κ2) is 5.03. The lowest BCUT2D eigenvalue weighted by atomic mass is 9.86. The summed E-state index contributed by atoms with van der Waals surface area (Å²) >= 11 is 0. The maximum atomic E-state index is 8.75. The summed E-state index contributed by atoms with van der Waals surface area (Å²) in [5.41, 5.74) is 2.55. The molecule has 1 unspecified atom stereocenters. The molecule has 2 nitrogen and oxygen atoms in total. The van der Waals surface area contributed by atoms with Crippen LogP contribution in [0.4, 0.5) is 5.69 Å². The zero-order chi connectivity index (χ0) is 12.2. The van der Waals surface area contributed by atoms with Gasteiger partial charge in [-0.15, -0.1) is 0 Å². The highest BCUT2D eigenvalue weighted by Gasteiger charge is 2.17. The Balaban J connectivity index is 2.85. The number of hydrogen-bond donors (Lipinski definition) is 1. The van der Waals surface area contributed by atoms with Gasteiger partial charge in [0, 0.05) is 12.2 Å². The Morgan fingerprint density at radius 2 is 1.94 bits per heavy atom. The van der Waals surface area contributed by atoms with Crippen molar-refractivity contribution < 1.29 is 0 Å². The molecule has 1 atom stereocenters. The van der Waals surface area contributed by atoms with Gasteiger partial charge in [0.1, 0.15) is 0 Å². The Kier molecular flexibility index (Phi) is 3.95. The van der Waals surface area contributed by atoms with E-state index < -0.39 is 0 Å². The van der Waals surface area contributed by atoms with Crippen molar-refractivity contribution in [1.82, 2.24) is 0 Å². The highest BCUT2D eigenvalue weighted by atomic mass is 14.9. The number of nitriles is 1. The summed E-state index contributed by atoms with van der Waals surface area (Å²) < 4.78 is 0. The van der Waals surface area contributed by atoms with E-state index in [0.29, 0.717) is 6.54 Å². The van der Waals surface area contributed by atoms with Gasteiger partial charge >= 0.3 is 0 Å². The monoisotopic (exact) mass is 216 g/mol. The van der Waals surface area contributed by atoms with Crippen molar-refractivity contribution in [2.45, 2.75) is 33.1 Å². The van der Waals surface area contributed by atoms with Crippen LogP contribution >= 0.6 is 0 Å². The topological polar surface area (TPSA) is 35.8 Å². The molecule has 0 fully saturated rings. The molecule has 0 aliphatic heterocycles. The van der Waals surface area contributed by atoms with Gasteiger partial charge in [0.15, 0.2) is 0 Å². The predicted octanol–water partition coefficient (Wildman–Crippen LogP) is 3.56. The lowest BCUT2D eigenvalue weighted by Gasteiger charge is -2.23. The zero-order valence-electron chi connectivity index (χ0n) is 10.5. The lowest BCUT2D eigenvalue weighted by Crippen LogP contribution is -2.17. The molecule has 0 saturated carbocycles. The summed E-state index contributed by atoms with van der Waals surface area (Å²) in [4.78, 5) is 0. The van der Waals surface area contributed by atoms with Gasteiger partial charge in [0.2, 0.25) is 0 Å². The van der Waals surface area contributed by atoms with Crippen molar-refractivity contribution in [2.24, 2.45) is 5.92 Å². The first-order chi connectivity index (χ1) is 7.45. The number of anilines is 1. The van der Waals surface area contributed by atoms with Gasteiger partial charge in [-0.1, -0.05) is 39.0 Å². The van der Waals surface area contributed by atoms with Gasteiger partial charge in [0.25, 0.3) is 0 Å². The highest BCUT2D eigenvalue weighted by Crippen LogP contribution is 2.29. The van der Waals surface area contributed by atoms with Crippen LogP contribution in [0.15, 0.2) is 24.3 Å². The van der Waals surface area contributed by atoms with Crippen molar-refractivity contribution in [3.05, 3.63) is 29.8 Å². The number of benzene rings is 1. The summed E-state index contributed by atoms with van der Waals surface area (Å²) in [5, 5.41) is 12.1. The van der Waals surface area contributed by atoms with Crippen LogP contribution in [-0.2, 0) is 5.41 Å². The summed E-state index contributed by atoms with van der Waals surface area (Å²) in [7, 11) is 0. The van der Waals surface area contributed by atoms with E-state index in [0.717, 1.165) is 5.69 Å². The largest absolute Gasteiger partial charge is 0.383 e. The quantitative estimate of drug-likeness (QED) is 0.838. The fourth-order valence-corrected chi connectivity index (χ4v) is 1.60. The van der Waals surface area contributed by atoms with Gasteiger partial charge in [-0.3, -0.25) is 0 Å². The van der Waals surface area contributed by atoms with Crippen molar-refractivity contribution in [3.8, 4) is 6.07 Å². The number of nitrogens with zero attached hydrogens (tertiary/aromatic N) is 1. The molecule has 0 bridgehead atoms. The SMILES string of the molecule is CC(C#N)CNc1ccccc1C(C)(C)C. The third kappa shape index (κ3) is 3.27. The van der Waals surface area contributed by atoms with E-state index >= 15 is 0 Å². The summed E-state index contributed by atoms with van der Waals surface area (Å²) in [6, 6.07) is 10.5. The Morgan fingerprint density at radius 3 is 2.50 bits per heavy atom. The van der Waals surface area contributed by atoms with Crippen molar-refractivity contribution >= 4 is 5.69 Å². The Hall–Kier alpha value is -1.49. The van der Waals surface area contributed by atoms with E-state index in [2.05, 4.69) is 50.4 Å². The molecule has 0 aliphatic carbocycles. The fraction of sp³-hybridized carbons (Fsp3) is 0.500. The van der Waals surface area contributed by atoms with E-state index in [9.17, 15) is 0 Å². The van der Waals surface area contributed by atoms with Gasteiger partial charge in [0.05, 0.1) is 12.0 Å². The third-order valence-corrected chi connectivity index (χ3v) is 2.55. The van der Waals surface area contributed by atoms with Crippen LogP contribution in [0.25, 0.3) is 0 Å². The highest BCUT2D eigenvalue weighted by molar-refractivity contribution is 5.54. The van der Waals surface area contributed by atoms with Gasteiger partial charge in [-0.05, 0) is 24.0 Å². The average Bonchev–Trinajstić information content (AvgIpc) is 2.25. The molecule has 0 radical (unpaired) electrons. The van der Waals surface area contributed by atoms with E-state index in [4.69, 9.17) is 5.26 Å². The molecule has 0 spiro atoms. The van der Waals surface area contributed by atoms with Crippen LogP contribution in [0, 0.1) is 17.2 Å². The van der Waals surface area contributed by atoms with Crippen molar-refractivity contribution in [1.29, 1.82) is 5.26 Å². The molecule has 1 rings (SSSR count). The van der Waals surface area contributed by atoms with Gasteiger partial charge < -0.3 is 5.32 Å². The minimum Gasteiger partial charge on any atom is -0.383 e. The average molecular weight is 216 g/mol. The molecule has 86 valence electrons. The molecule has 1 N–H and O–H groups in total. The fourth-order valence-electron chi connectivity index (χ4n) is 1.60. The van der Waals surface area contributed by atoms with E-state index in [-0.39, 0.29) is 11.3 Å². The molecular formula is C14H20N2. The molecule has 0 aromatic heterocycles. The Bertz CT molecular complexity index is 382. The molecule has 0 aliphatic rings. The molecule has 1 aromatic carbocycles. The first kappa shape index (κ1) is 12.6. The number of hydrogen-bond acceptors (Lipinski definition) is 2. The van der Waals surface area contributed by atoms with Crippen LogP contribution in [0.5, 0.6) is 0 Å². The van der Waals surface area contributed by atoms with E-state index in [1.54, 1.807) is 0 Å². The van der Waals surface area contributed by atoms with Crippen molar-refractivity contribution in [3.63, 3.8) is 0 Å². The van der Waals surface area contributed by atoms with Gasteiger partial charge in [-0.25, -0.2) is 0 Å². The van der Waals surface area contributed by atoms with Crippen LogP contribution in [0.2, 0.25) is 0 Å². The summed E-state index contributed by atoms with van der Waals surface area (Å²) in [6.45, 7) is 9.21. The van der Waals surface area contributed by atoms with E-state index in [1.165, 1.54) is 5.56 Å². The minimum absolute atomic E-state index is 0.0352. The molecular weight excluding hydrogens is 196 g/mol. The number of para-hydroxylation sites is 1. The number of nitrogens with one attached hydrogen (secondary N) is 1. The number of rotatable bonds is 3. The molecule has 0 amide bonds. The van der Waals surface area contributed by atoms with Crippen LogP contribution in [0.3, 0.4) is 0 Å². The molecule has 16 heavy (non-hydrogen) atoms. The maximum absolute atomic E-state index is 8.75. The van der Waals surface area contributed by atoms with Crippen LogP contribution in [-0.4, -0.2) is 6.54 Å².